The Bertz CT molecular complexity index is 522. The molecule has 0 saturated carbocycles. The van der Waals surface area contributed by atoms with Crippen molar-refractivity contribution < 1.29 is 23.5 Å². The van der Waals surface area contributed by atoms with Gasteiger partial charge in [0.15, 0.2) is 8.32 Å². The molecule has 1 aliphatic rings. The number of hydrogen-bond donors (Lipinski definition) is 0. The predicted octanol–water partition coefficient (Wildman–Crippen LogP) is 4.78. The Labute approximate surface area is 165 Å². The molecule has 0 N–H and O–H groups in total. The molecule has 0 aromatic rings. The summed E-state index contributed by atoms with van der Waals surface area (Å²) in [6.45, 7) is 22.1. The summed E-state index contributed by atoms with van der Waals surface area (Å²) in [6, 6.07) is 0. The molecular weight excluding hydrogens is 364 g/mol. The van der Waals surface area contributed by atoms with Crippen molar-refractivity contribution in [2.24, 2.45) is 0 Å². The van der Waals surface area contributed by atoms with Gasteiger partial charge in [0, 0.05) is 0 Å². The zero-order valence-corrected chi connectivity index (χ0v) is 19.9. The summed E-state index contributed by atoms with van der Waals surface area (Å²) in [4.78, 5) is 25.3. The minimum atomic E-state index is -2.05. The molecule has 1 saturated heterocycles. The van der Waals surface area contributed by atoms with Crippen molar-refractivity contribution in [2.45, 2.75) is 97.8 Å². The Morgan fingerprint density at radius 1 is 0.778 bits per heavy atom. The summed E-state index contributed by atoms with van der Waals surface area (Å²) in [5.74, 6) is 0. The van der Waals surface area contributed by atoms with Crippen molar-refractivity contribution in [3.05, 3.63) is 0 Å². The first-order valence-corrected chi connectivity index (χ1v) is 12.4. The van der Waals surface area contributed by atoms with Crippen LogP contribution in [-0.4, -0.2) is 60.9 Å². The first-order chi connectivity index (χ1) is 11.8. The predicted molar refractivity (Wildman–Crippen MR) is 108 cm³/mol. The van der Waals surface area contributed by atoms with E-state index in [1.54, 1.807) is 41.5 Å². The van der Waals surface area contributed by atoms with E-state index in [1.807, 2.05) is 0 Å². The molecule has 1 fully saturated rings. The molecule has 0 aromatic carbocycles. The Kier molecular flexibility index (Phi) is 6.70. The van der Waals surface area contributed by atoms with Crippen LogP contribution in [-0.2, 0) is 13.9 Å². The largest absolute Gasteiger partial charge is 0.442 e. The van der Waals surface area contributed by atoms with Gasteiger partial charge in [0.1, 0.15) is 11.2 Å². The maximum absolute atomic E-state index is 12.7. The Hall–Kier alpha value is -1.28. The lowest BCUT2D eigenvalue weighted by atomic mass is 10.2. The van der Waals surface area contributed by atoms with Crippen molar-refractivity contribution in [3.8, 4) is 0 Å². The SMILES string of the molecule is CC(C)(C)OC(=O)N1CC(O[Si](C)(C)C(C)(C)C)CN1C(=O)OC(C)(C)C. The monoisotopic (exact) mass is 402 g/mol. The molecule has 0 aromatic heterocycles. The highest BCUT2D eigenvalue weighted by Gasteiger charge is 2.46. The second-order valence-electron chi connectivity index (χ2n) is 10.6. The van der Waals surface area contributed by atoms with Gasteiger partial charge >= 0.3 is 12.2 Å². The molecule has 1 aliphatic heterocycles. The number of ether oxygens (including phenoxy) is 2. The number of hydrazine groups is 1. The van der Waals surface area contributed by atoms with E-state index >= 15 is 0 Å². The van der Waals surface area contributed by atoms with Crippen LogP contribution < -0.4 is 0 Å². The number of carbonyl (C=O) groups is 2. The minimum Gasteiger partial charge on any atom is -0.442 e. The fraction of sp³-hybridized carbons (Fsp3) is 0.895. The third-order valence-electron chi connectivity index (χ3n) is 4.52. The van der Waals surface area contributed by atoms with E-state index < -0.39 is 31.7 Å². The summed E-state index contributed by atoms with van der Waals surface area (Å²) in [7, 11) is -2.05. The van der Waals surface area contributed by atoms with Crippen LogP contribution in [0.1, 0.15) is 62.3 Å². The third kappa shape index (κ3) is 6.99. The standard InChI is InChI=1S/C19H38N2O5Si/c1-17(2,3)24-15(22)20-12-14(26-27(10,11)19(7,8)9)13-21(20)16(23)25-18(4,5)6/h14H,12-13H2,1-11H3. The highest BCUT2D eigenvalue weighted by molar-refractivity contribution is 6.74. The second-order valence-corrected chi connectivity index (χ2v) is 15.4. The highest BCUT2D eigenvalue weighted by atomic mass is 28.4. The molecule has 0 atom stereocenters. The zero-order valence-electron chi connectivity index (χ0n) is 18.9. The first-order valence-electron chi connectivity index (χ1n) is 9.51. The molecule has 158 valence electrons. The molecule has 1 heterocycles. The average molecular weight is 403 g/mol. The quantitative estimate of drug-likeness (QED) is 0.622. The summed E-state index contributed by atoms with van der Waals surface area (Å²) < 4.78 is 17.4. The van der Waals surface area contributed by atoms with Crippen LogP contribution in [0, 0.1) is 0 Å². The zero-order chi connectivity index (χ0) is 21.4. The van der Waals surface area contributed by atoms with E-state index in [-0.39, 0.29) is 24.2 Å². The number of nitrogens with zero attached hydrogens (tertiary/aromatic N) is 2. The van der Waals surface area contributed by atoms with E-state index in [0.29, 0.717) is 0 Å². The maximum Gasteiger partial charge on any atom is 0.429 e. The van der Waals surface area contributed by atoms with E-state index in [0.717, 1.165) is 0 Å². The van der Waals surface area contributed by atoms with Gasteiger partial charge in [-0.2, -0.15) is 0 Å². The number of carbonyl (C=O) groups excluding carboxylic acids is 2. The van der Waals surface area contributed by atoms with Gasteiger partial charge in [0.25, 0.3) is 0 Å². The lowest BCUT2D eigenvalue weighted by Crippen LogP contribution is -2.48. The molecule has 0 aliphatic carbocycles. The average Bonchev–Trinajstić information content (AvgIpc) is 2.76. The molecular formula is C19H38N2O5Si. The number of rotatable bonds is 2. The lowest BCUT2D eigenvalue weighted by molar-refractivity contribution is -0.0428. The topological polar surface area (TPSA) is 68.3 Å². The van der Waals surface area contributed by atoms with Crippen LogP contribution in [0.2, 0.25) is 18.1 Å². The van der Waals surface area contributed by atoms with Crippen molar-refractivity contribution in [1.29, 1.82) is 0 Å². The van der Waals surface area contributed by atoms with Gasteiger partial charge in [-0.15, -0.1) is 0 Å². The van der Waals surface area contributed by atoms with Crippen LogP contribution in [0.5, 0.6) is 0 Å². The van der Waals surface area contributed by atoms with Crippen molar-refractivity contribution >= 4 is 20.5 Å². The molecule has 0 unspecified atom stereocenters. The molecule has 27 heavy (non-hydrogen) atoms. The smallest absolute Gasteiger partial charge is 0.429 e. The van der Waals surface area contributed by atoms with Gasteiger partial charge in [-0.1, -0.05) is 20.8 Å². The summed E-state index contributed by atoms with van der Waals surface area (Å²) in [5, 5.41) is 2.64. The van der Waals surface area contributed by atoms with Crippen molar-refractivity contribution in [1.82, 2.24) is 10.0 Å². The van der Waals surface area contributed by atoms with Crippen LogP contribution >= 0.6 is 0 Å². The molecule has 2 amide bonds. The fourth-order valence-corrected chi connectivity index (χ4v) is 3.62. The maximum atomic E-state index is 12.7. The van der Waals surface area contributed by atoms with Crippen LogP contribution in [0.3, 0.4) is 0 Å². The minimum absolute atomic E-state index is 0.0308. The molecule has 0 bridgehead atoms. The fourth-order valence-electron chi connectivity index (χ4n) is 2.28. The molecule has 0 radical (unpaired) electrons. The van der Waals surface area contributed by atoms with E-state index in [1.165, 1.54) is 10.0 Å². The lowest BCUT2D eigenvalue weighted by Gasteiger charge is -2.38. The Morgan fingerprint density at radius 3 is 1.37 bits per heavy atom. The molecule has 0 spiro atoms. The Morgan fingerprint density at radius 2 is 1.11 bits per heavy atom. The van der Waals surface area contributed by atoms with E-state index in [2.05, 4.69) is 33.9 Å². The highest BCUT2D eigenvalue weighted by Crippen LogP contribution is 2.38. The van der Waals surface area contributed by atoms with E-state index in [9.17, 15) is 9.59 Å². The molecule has 8 heteroatoms. The molecule has 7 nitrogen and oxygen atoms in total. The van der Waals surface area contributed by atoms with Gasteiger partial charge in [0.05, 0.1) is 19.2 Å². The second kappa shape index (κ2) is 7.62. The van der Waals surface area contributed by atoms with Crippen LogP contribution in [0.25, 0.3) is 0 Å². The first kappa shape index (κ1) is 23.8. The summed E-state index contributed by atoms with van der Waals surface area (Å²) in [6.07, 6.45) is -1.42. The van der Waals surface area contributed by atoms with Crippen LogP contribution in [0.15, 0.2) is 0 Å². The van der Waals surface area contributed by atoms with Crippen molar-refractivity contribution in [3.63, 3.8) is 0 Å². The number of hydrogen-bond acceptors (Lipinski definition) is 5. The summed E-state index contributed by atoms with van der Waals surface area (Å²) in [5.41, 5.74) is -1.32. The normalized spacial score (nSPS) is 17.3. The Balaban J connectivity index is 3.02. The van der Waals surface area contributed by atoms with Gasteiger partial charge in [-0.05, 0) is 59.7 Å². The van der Waals surface area contributed by atoms with Gasteiger partial charge in [-0.3, -0.25) is 0 Å². The van der Waals surface area contributed by atoms with Crippen LogP contribution in [0.4, 0.5) is 9.59 Å². The van der Waals surface area contributed by atoms with Crippen molar-refractivity contribution in [2.75, 3.05) is 13.1 Å². The third-order valence-corrected chi connectivity index (χ3v) is 9.06. The van der Waals surface area contributed by atoms with Gasteiger partial charge < -0.3 is 13.9 Å². The van der Waals surface area contributed by atoms with Gasteiger partial charge in [-0.25, -0.2) is 19.6 Å². The van der Waals surface area contributed by atoms with Gasteiger partial charge in [0.2, 0.25) is 0 Å². The number of amides is 2. The van der Waals surface area contributed by atoms with E-state index in [4.69, 9.17) is 13.9 Å². The summed E-state index contributed by atoms with van der Waals surface area (Å²) >= 11 is 0. The molecule has 1 rings (SSSR count).